The van der Waals surface area contributed by atoms with Gasteiger partial charge in [0.25, 0.3) is 5.91 Å². The second-order valence-electron chi connectivity index (χ2n) is 5.34. The van der Waals surface area contributed by atoms with Gasteiger partial charge in [-0.3, -0.25) is 4.79 Å². The molecule has 0 spiro atoms. The van der Waals surface area contributed by atoms with Crippen molar-refractivity contribution in [3.8, 4) is 5.88 Å². The first-order valence-corrected chi connectivity index (χ1v) is 7.61. The Bertz CT molecular complexity index is 665. The number of nitrogens with zero attached hydrogens (tertiary/aromatic N) is 4. The van der Waals surface area contributed by atoms with Crippen LogP contribution in [0.5, 0.6) is 5.88 Å². The van der Waals surface area contributed by atoms with E-state index in [1.165, 1.54) is 7.11 Å². The van der Waals surface area contributed by atoms with E-state index in [0.29, 0.717) is 18.0 Å². The van der Waals surface area contributed by atoms with Crippen molar-refractivity contribution in [2.45, 2.75) is 18.9 Å². The van der Waals surface area contributed by atoms with Gasteiger partial charge in [-0.15, -0.1) is 5.10 Å². The lowest BCUT2D eigenvalue weighted by Gasteiger charge is -2.25. The maximum absolute atomic E-state index is 12.3. The number of rotatable bonds is 5. The van der Waals surface area contributed by atoms with Crippen molar-refractivity contribution in [3.05, 3.63) is 42.2 Å². The van der Waals surface area contributed by atoms with Crippen molar-refractivity contribution in [2.75, 3.05) is 25.1 Å². The Morgan fingerprint density at radius 3 is 3.04 bits per heavy atom. The minimum Gasteiger partial charge on any atom is -0.480 e. The molecule has 1 saturated heterocycles. The molecule has 7 heteroatoms. The van der Waals surface area contributed by atoms with Crippen LogP contribution in [-0.2, 0) is 0 Å². The van der Waals surface area contributed by atoms with Crippen molar-refractivity contribution in [2.24, 2.45) is 0 Å². The van der Waals surface area contributed by atoms with Crippen LogP contribution in [0.4, 0.5) is 5.82 Å². The highest BCUT2D eigenvalue weighted by atomic mass is 16.5. The van der Waals surface area contributed by atoms with E-state index in [4.69, 9.17) is 4.74 Å². The smallest absolute Gasteiger partial charge is 0.256 e. The average molecular weight is 313 g/mol. The van der Waals surface area contributed by atoms with E-state index in [1.807, 2.05) is 12.1 Å². The fourth-order valence-corrected chi connectivity index (χ4v) is 2.83. The Hall–Kier alpha value is -2.70. The van der Waals surface area contributed by atoms with E-state index in [1.54, 1.807) is 24.5 Å². The predicted octanol–water partition coefficient (Wildman–Crippen LogP) is 1.28. The quantitative estimate of drug-likeness (QED) is 0.895. The van der Waals surface area contributed by atoms with Crippen molar-refractivity contribution in [3.63, 3.8) is 0 Å². The number of nitrogens with one attached hydrogen (secondary N) is 1. The molecule has 1 atom stereocenters. The number of hydrogen-bond acceptors (Lipinski definition) is 6. The first-order chi connectivity index (χ1) is 11.3. The van der Waals surface area contributed by atoms with Gasteiger partial charge in [-0.2, -0.15) is 5.10 Å². The zero-order valence-corrected chi connectivity index (χ0v) is 13.0. The van der Waals surface area contributed by atoms with Gasteiger partial charge in [0.2, 0.25) is 5.88 Å². The summed E-state index contributed by atoms with van der Waals surface area (Å²) < 4.78 is 5.13. The predicted molar refractivity (Wildman–Crippen MR) is 85.5 cm³/mol. The number of methoxy groups -OCH3 is 1. The molecule has 1 fully saturated rings. The lowest BCUT2D eigenvalue weighted by molar-refractivity contribution is 0.0947. The highest BCUT2D eigenvalue weighted by molar-refractivity contribution is 5.96. The summed E-state index contributed by atoms with van der Waals surface area (Å²) in [7, 11) is 1.51. The van der Waals surface area contributed by atoms with Gasteiger partial charge in [-0.25, -0.2) is 4.98 Å². The van der Waals surface area contributed by atoms with Gasteiger partial charge in [0.1, 0.15) is 5.56 Å². The molecule has 0 bridgehead atoms. The molecule has 2 aromatic heterocycles. The van der Waals surface area contributed by atoms with E-state index in [0.717, 1.165) is 25.2 Å². The molecule has 1 amide bonds. The standard InChI is InChI=1S/C16H19N5O2/c1-23-16-13(6-2-8-17-16)15(22)18-11-12-5-4-10-21(12)14-7-3-9-19-20-14/h2-3,6-9,12H,4-5,10-11H2,1H3,(H,18,22). The summed E-state index contributed by atoms with van der Waals surface area (Å²) in [6, 6.07) is 7.46. The molecule has 23 heavy (non-hydrogen) atoms. The van der Waals surface area contributed by atoms with Crippen LogP contribution in [0.15, 0.2) is 36.7 Å². The van der Waals surface area contributed by atoms with Crippen LogP contribution < -0.4 is 15.0 Å². The summed E-state index contributed by atoms with van der Waals surface area (Å²) >= 11 is 0. The Labute approximate surface area is 134 Å². The minimum absolute atomic E-state index is 0.180. The van der Waals surface area contributed by atoms with Crippen LogP contribution in [0.1, 0.15) is 23.2 Å². The molecule has 3 heterocycles. The number of anilines is 1. The zero-order valence-electron chi connectivity index (χ0n) is 13.0. The van der Waals surface area contributed by atoms with E-state index < -0.39 is 0 Å². The number of aromatic nitrogens is 3. The lowest BCUT2D eigenvalue weighted by Crippen LogP contribution is -2.40. The topological polar surface area (TPSA) is 80.2 Å². The third-order valence-corrected chi connectivity index (χ3v) is 3.94. The van der Waals surface area contributed by atoms with Crippen LogP contribution in [0, 0.1) is 0 Å². The second-order valence-corrected chi connectivity index (χ2v) is 5.34. The van der Waals surface area contributed by atoms with E-state index in [-0.39, 0.29) is 11.9 Å². The largest absolute Gasteiger partial charge is 0.480 e. The Kier molecular flexibility index (Phi) is 4.65. The molecule has 2 aromatic rings. The third-order valence-electron chi connectivity index (χ3n) is 3.94. The molecule has 1 aliphatic heterocycles. The summed E-state index contributed by atoms with van der Waals surface area (Å²) in [5, 5.41) is 11.0. The summed E-state index contributed by atoms with van der Waals surface area (Å²) in [5.41, 5.74) is 0.444. The summed E-state index contributed by atoms with van der Waals surface area (Å²) in [6.07, 6.45) is 5.35. The van der Waals surface area contributed by atoms with Gasteiger partial charge in [-0.1, -0.05) is 0 Å². The number of hydrogen-bond donors (Lipinski definition) is 1. The number of carbonyl (C=O) groups is 1. The number of ether oxygens (including phenoxy) is 1. The zero-order chi connectivity index (χ0) is 16.1. The first-order valence-electron chi connectivity index (χ1n) is 7.61. The minimum atomic E-state index is -0.180. The SMILES string of the molecule is COc1ncccc1C(=O)NCC1CCCN1c1cccnn1. The fourth-order valence-electron chi connectivity index (χ4n) is 2.83. The highest BCUT2D eigenvalue weighted by Crippen LogP contribution is 2.22. The molecular weight excluding hydrogens is 294 g/mol. The molecule has 120 valence electrons. The lowest BCUT2D eigenvalue weighted by atomic mass is 10.2. The van der Waals surface area contributed by atoms with Crippen molar-refractivity contribution < 1.29 is 9.53 Å². The van der Waals surface area contributed by atoms with E-state index in [2.05, 4.69) is 25.4 Å². The van der Waals surface area contributed by atoms with Gasteiger partial charge in [0.05, 0.1) is 7.11 Å². The average Bonchev–Trinajstić information content (AvgIpc) is 3.09. The number of carbonyl (C=O) groups excluding carboxylic acids is 1. The van der Waals surface area contributed by atoms with Crippen LogP contribution in [0.25, 0.3) is 0 Å². The highest BCUT2D eigenvalue weighted by Gasteiger charge is 2.26. The molecule has 0 aliphatic carbocycles. The van der Waals surface area contributed by atoms with E-state index in [9.17, 15) is 4.79 Å². The summed E-state index contributed by atoms with van der Waals surface area (Å²) in [6.45, 7) is 1.48. The van der Waals surface area contributed by atoms with Gasteiger partial charge in [0, 0.05) is 31.5 Å². The Balaban J connectivity index is 1.64. The molecule has 0 radical (unpaired) electrons. The van der Waals surface area contributed by atoms with Crippen molar-refractivity contribution in [1.29, 1.82) is 0 Å². The van der Waals surface area contributed by atoms with E-state index >= 15 is 0 Å². The van der Waals surface area contributed by atoms with Crippen LogP contribution in [0.2, 0.25) is 0 Å². The molecular formula is C16H19N5O2. The maximum atomic E-state index is 12.3. The molecule has 7 nitrogen and oxygen atoms in total. The molecule has 1 aliphatic rings. The maximum Gasteiger partial charge on any atom is 0.256 e. The van der Waals surface area contributed by atoms with Crippen LogP contribution in [0.3, 0.4) is 0 Å². The summed E-state index contributed by atoms with van der Waals surface area (Å²) in [4.78, 5) is 18.6. The molecule has 0 aromatic carbocycles. The van der Waals surface area contributed by atoms with Gasteiger partial charge >= 0.3 is 0 Å². The first kappa shape index (κ1) is 15.2. The number of amides is 1. The van der Waals surface area contributed by atoms with Gasteiger partial charge < -0.3 is 15.0 Å². The third kappa shape index (κ3) is 3.39. The Morgan fingerprint density at radius 1 is 1.39 bits per heavy atom. The number of pyridine rings is 1. The fraction of sp³-hybridized carbons (Fsp3) is 0.375. The van der Waals surface area contributed by atoms with Crippen LogP contribution in [-0.4, -0.2) is 47.3 Å². The van der Waals surface area contributed by atoms with Crippen molar-refractivity contribution >= 4 is 11.7 Å². The molecule has 1 N–H and O–H groups in total. The Morgan fingerprint density at radius 2 is 2.26 bits per heavy atom. The second kappa shape index (κ2) is 7.04. The van der Waals surface area contributed by atoms with Crippen LogP contribution >= 0.6 is 0 Å². The normalized spacial score (nSPS) is 17.1. The van der Waals surface area contributed by atoms with Gasteiger partial charge in [-0.05, 0) is 37.1 Å². The molecule has 1 unspecified atom stereocenters. The summed E-state index contributed by atoms with van der Waals surface area (Å²) in [5.74, 6) is 1.01. The molecule has 3 rings (SSSR count). The molecule has 0 saturated carbocycles. The van der Waals surface area contributed by atoms with Crippen molar-refractivity contribution in [1.82, 2.24) is 20.5 Å². The van der Waals surface area contributed by atoms with Gasteiger partial charge in [0.15, 0.2) is 5.82 Å². The monoisotopic (exact) mass is 313 g/mol.